The van der Waals surface area contributed by atoms with Crippen molar-refractivity contribution >= 4 is 21.7 Å². The normalized spacial score (nSPS) is 12.6. The molecule has 1 unspecified atom stereocenters. The van der Waals surface area contributed by atoms with Gasteiger partial charge in [0.15, 0.2) is 0 Å². The van der Waals surface area contributed by atoms with Gasteiger partial charge in [0, 0.05) is 5.69 Å². The van der Waals surface area contributed by atoms with E-state index in [0.29, 0.717) is 0 Å². The highest BCUT2D eigenvalue weighted by molar-refractivity contribution is 7.92. The van der Waals surface area contributed by atoms with Crippen molar-refractivity contribution in [3.8, 4) is 0 Å². The van der Waals surface area contributed by atoms with Gasteiger partial charge in [0.2, 0.25) is 10.0 Å². The number of benzene rings is 2. The Hall–Kier alpha value is -2.34. The lowest BCUT2D eigenvalue weighted by Gasteiger charge is -2.14. The number of anilines is 1. The van der Waals surface area contributed by atoms with E-state index in [2.05, 4.69) is 4.72 Å². The minimum absolute atomic E-state index is 0.0382. The van der Waals surface area contributed by atoms with Crippen LogP contribution in [0.4, 0.5) is 5.69 Å². The molecule has 0 heterocycles. The molecule has 2 rings (SSSR count). The van der Waals surface area contributed by atoms with Crippen LogP contribution in [-0.2, 0) is 10.0 Å². The summed E-state index contributed by atoms with van der Waals surface area (Å²) in [5.74, 6) is -1.34. The number of hydrogen-bond donors (Lipinski definition) is 2. The molecular formula is C16H17NO4S. The third-order valence-electron chi connectivity index (χ3n) is 3.22. The number of rotatable bonds is 6. The van der Waals surface area contributed by atoms with E-state index in [9.17, 15) is 13.2 Å². The number of hydrogen-bond acceptors (Lipinski definition) is 3. The summed E-state index contributed by atoms with van der Waals surface area (Å²) in [6, 6.07) is 15.1. The van der Waals surface area contributed by atoms with Crippen LogP contribution < -0.4 is 4.72 Å². The van der Waals surface area contributed by atoms with Crippen molar-refractivity contribution in [1.82, 2.24) is 0 Å². The molecule has 0 bridgehead atoms. The zero-order valence-corrected chi connectivity index (χ0v) is 12.9. The van der Waals surface area contributed by atoms with Gasteiger partial charge in [-0.1, -0.05) is 43.3 Å². The average Bonchev–Trinajstić information content (AvgIpc) is 2.47. The molecule has 0 aliphatic heterocycles. The second-order valence-corrected chi connectivity index (χ2v) is 6.85. The van der Waals surface area contributed by atoms with E-state index in [1.165, 1.54) is 24.3 Å². The standard InChI is InChI=1S/C16H17NO4S/c1-12(13-6-3-2-4-7-13)11-22(20,21)17-15-9-5-8-14(10-15)16(18)19/h2-10,12,17H,11H2,1H3,(H,18,19). The maximum atomic E-state index is 12.2. The van der Waals surface area contributed by atoms with Crippen molar-refractivity contribution in [2.45, 2.75) is 12.8 Å². The molecule has 0 aliphatic carbocycles. The van der Waals surface area contributed by atoms with E-state index >= 15 is 0 Å². The predicted molar refractivity (Wildman–Crippen MR) is 85.7 cm³/mol. The van der Waals surface area contributed by atoms with Gasteiger partial charge in [0.25, 0.3) is 0 Å². The Balaban J connectivity index is 2.11. The third kappa shape index (κ3) is 4.33. The lowest BCUT2D eigenvalue weighted by atomic mass is 10.0. The summed E-state index contributed by atoms with van der Waals surface area (Å²) in [6.07, 6.45) is 0. The van der Waals surface area contributed by atoms with Crippen molar-refractivity contribution < 1.29 is 18.3 Å². The monoisotopic (exact) mass is 319 g/mol. The van der Waals surface area contributed by atoms with Crippen LogP contribution in [0.3, 0.4) is 0 Å². The van der Waals surface area contributed by atoms with Gasteiger partial charge in [-0.3, -0.25) is 4.72 Å². The lowest BCUT2D eigenvalue weighted by Crippen LogP contribution is -2.20. The first-order valence-corrected chi connectivity index (χ1v) is 8.41. The molecule has 1 atom stereocenters. The van der Waals surface area contributed by atoms with Crippen molar-refractivity contribution in [1.29, 1.82) is 0 Å². The smallest absolute Gasteiger partial charge is 0.335 e. The Bertz CT molecular complexity index is 757. The number of aromatic carboxylic acids is 1. The molecule has 0 radical (unpaired) electrons. The summed E-state index contributed by atoms with van der Waals surface area (Å²) in [5.41, 5.74) is 1.23. The van der Waals surface area contributed by atoms with Crippen LogP contribution in [-0.4, -0.2) is 25.2 Å². The summed E-state index contributed by atoms with van der Waals surface area (Å²) in [5, 5.41) is 8.92. The molecule has 0 fully saturated rings. The van der Waals surface area contributed by atoms with Crippen molar-refractivity contribution in [3.05, 3.63) is 65.7 Å². The zero-order chi connectivity index (χ0) is 16.2. The van der Waals surface area contributed by atoms with E-state index in [1.807, 2.05) is 37.3 Å². The van der Waals surface area contributed by atoms with Crippen molar-refractivity contribution in [2.75, 3.05) is 10.5 Å². The van der Waals surface area contributed by atoms with Crippen molar-refractivity contribution in [2.24, 2.45) is 0 Å². The van der Waals surface area contributed by atoms with Crippen LogP contribution in [0.15, 0.2) is 54.6 Å². The van der Waals surface area contributed by atoms with Crippen molar-refractivity contribution in [3.63, 3.8) is 0 Å². The minimum Gasteiger partial charge on any atom is -0.478 e. The molecule has 6 heteroatoms. The fourth-order valence-electron chi connectivity index (χ4n) is 2.14. The van der Waals surface area contributed by atoms with Gasteiger partial charge in [-0.25, -0.2) is 13.2 Å². The Labute approximate surface area is 129 Å². The Morgan fingerprint density at radius 3 is 2.45 bits per heavy atom. The summed E-state index contributed by atoms with van der Waals surface area (Å²) in [4.78, 5) is 10.9. The molecule has 2 aromatic carbocycles. The SMILES string of the molecule is CC(CS(=O)(=O)Nc1cccc(C(=O)O)c1)c1ccccc1. The average molecular weight is 319 g/mol. The van der Waals surface area contributed by atoms with Crippen LogP contribution in [0, 0.1) is 0 Å². The number of carboxylic acids is 1. The first-order chi connectivity index (χ1) is 10.4. The van der Waals surface area contributed by atoms with Gasteiger partial charge in [0.1, 0.15) is 0 Å². The highest BCUT2D eigenvalue weighted by Crippen LogP contribution is 2.19. The van der Waals surface area contributed by atoms with Gasteiger partial charge in [-0.15, -0.1) is 0 Å². The molecular weight excluding hydrogens is 302 g/mol. The van der Waals surface area contributed by atoms with E-state index < -0.39 is 16.0 Å². The second kappa shape index (κ2) is 6.62. The molecule has 2 N–H and O–H groups in total. The number of carboxylic acid groups (broad SMARTS) is 1. The fourth-order valence-corrected chi connectivity index (χ4v) is 3.56. The van der Waals surface area contributed by atoms with Gasteiger partial charge >= 0.3 is 5.97 Å². The van der Waals surface area contributed by atoms with E-state index in [1.54, 1.807) is 0 Å². The quantitative estimate of drug-likeness (QED) is 0.857. The number of sulfonamides is 1. The maximum Gasteiger partial charge on any atom is 0.335 e. The first kappa shape index (κ1) is 16.0. The molecule has 0 saturated heterocycles. The van der Waals surface area contributed by atoms with Gasteiger partial charge in [0.05, 0.1) is 11.3 Å². The van der Waals surface area contributed by atoms with E-state index in [0.717, 1.165) is 5.56 Å². The Morgan fingerprint density at radius 2 is 1.82 bits per heavy atom. The summed E-state index contributed by atoms with van der Waals surface area (Å²) in [7, 11) is -3.57. The molecule has 116 valence electrons. The summed E-state index contributed by atoms with van der Waals surface area (Å²) < 4.78 is 26.8. The Kier molecular flexibility index (Phi) is 4.82. The predicted octanol–water partition coefficient (Wildman–Crippen LogP) is 2.93. The van der Waals surface area contributed by atoms with Gasteiger partial charge in [-0.05, 0) is 29.7 Å². The maximum absolute atomic E-state index is 12.2. The molecule has 0 aromatic heterocycles. The molecule has 0 saturated carbocycles. The largest absolute Gasteiger partial charge is 0.478 e. The number of carbonyl (C=O) groups is 1. The summed E-state index contributed by atoms with van der Waals surface area (Å²) >= 11 is 0. The lowest BCUT2D eigenvalue weighted by molar-refractivity contribution is 0.0697. The molecule has 0 aliphatic rings. The first-order valence-electron chi connectivity index (χ1n) is 6.76. The van der Waals surface area contributed by atoms with Crippen LogP contribution >= 0.6 is 0 Å². The van der Waals surface area contributed by atoms with Crippen LogP contribution in [0.1, 0.15) is 28.8 Å². The third-order valence-corrected chi connectivity index (χ3v) is 4.71. The molecule has 0 amide bonds. The second-order valence-electron chi connectivity index (χ2n) is 5.08. The van der Waals surface area contributed by atoms with E-state index in [4.69, 9.17) is 5.11 Å². The Morgan fingerprint density at radius 1 is 1.14 bits per heavy atom. The topological polar surface area (TPSA) is 83.5 Å². The molecule has 0 spiro atoms. The number of nitrogens with one attached hydrogen (secondary N) is 1. The molecule has 2 aromatic rings. The van der Waals surface area contributed by atoms with Gasteiger partial charge < -0.3 is 5.11 Å². The van der Waals surface area contributed by atoms with Crippen LogP contribution in [0.5, 0.6) is 0 Å². The van der Waals surface area contributed by atoms with Gasteiger partial charge in [-0.2, -0.15) is 0 Å². The highest BCUT2D eigenvalue weighted by Gasteiger charge is 2.17. The van der Waals surface area contributed by atoms with Crippen LogP contribution in [0.2, 0.25) is 0 Å². The van der Waals surface area contributed by atoms with Crippen LogP contribution in [0.25, 0.3) is 0 Å². The molecule has 5 nitrogen and oxygen atoms in total. The highest BCUT2D eigenvalue weighted by atomic mass is 32.2. The minimum atomic E-state index is -3.57. The molecule has 22 heavy (non-hydrogen) atoms. The zero-order valence-electron chi connectivity index (χ0n) is 12.1. The fraction of sp³-hybridized carbons (Fsp3) is 0.188. The van der Waals surface area contributed by atoms with E-state index in [-0.39, 0.29) is 22.9 Å². The summed E-state index contributed by atoms with van der Waals surface area (Å²) in [6.45, 7) is 1.84.